The van der Waals surface area contributed by atoms with Gasteiger partial charge in [0.2, 0.25) is 0 Å². The standard InChI is InChI=1S/C17H24BrN3O2S/c1-12-16(21-17(2,3)9-11-24(4,22)23)20-15-13(8-10-18)6-5-7-14(15)19-12/h5-7H,8-11H2,1-4H3,(H,20,21). The molecule has 0 bridgehead atoms. The van der Waals surface area contributed by atoms with E-state index in [1.165, 1.54) is 6.26 Å². The van der Waals surface area contributed by atoms with Crippen molar-refractivity contribution in [2.45, 2.75) is 39.2 Å². The number of hydrogen-bond donors (Lipinski definition) is 1. The molecule has 0 saturated carbocycles. The van der Waals surface area contributed by atoms with Crippen LogP contribution in [0.2, 0.25) is 0 Å². The van der Waals surface area contributed by atoms with Crippen molar-refractivity contribution in [2.24, 2.45) is 0 Å². The molecule has 1 aromatic heterocycles. The first-order chi connectivity index (χ1) is 11.1. The minimum absolute atomic E-state index is 0.141. The zero-order valence-corrected chi connectivity index (χ0v) is 17.0. The summed E-state index contributed by atoms with van der Waals surface area (Å²) in [5.41, 5.74) is 3.34. The zero-order chi connectivity index (χ0) is 18.0. The maximum atomic E-state index is 11.4. The van der Waals surface area contributed by atoms with Crippen molar-refractivity contribution in [3.05, 3.63) is 29.5 Å². The normalized spacial score (nSPS) is 12.5. The van der Waals surface area contributed by atoms with Gasteiger partial charge in [-0.15, -0.1) is 0 Å². The Morgan fingerprint density at radius 3 is 2.58 bits per heavy atom. The molecular weight excluding hydrogens is 390 g/mol. The van der Waals surface area contributed by atoms with Crippen LogP contribution >= 0.6 is 15.9 Å². The van der Waals surface area contributed by atoms with Crippen LogP contribution in [0.25, 0.3) is 11.0 Å². The molecule has 0 fully saturated rings. The molecule has 1 heterocycles. The van der Waals surface area contributed by atoms with Gasteiger partial charge in [0, 0.05) is 17.1 Å². The Balaban J connectivity index is 2.34. The van der Waals surface area contributed by atoms with Gasteiger partial charge in [0.25, 0.3) is 0 Å². The highest BCUT2D eigenvalue weighted by Crippen LogP contribution is 2.24. The number of rotatable bonds is 7. The molecule has 5 nitrogen and oxygen atoms in total. The topological polar surface area (TPSA) is 72.0 Å². The molecule has 0 aliphatic rings. The second-order valence-electron chi connectivity index (χ2n) is 6.77. The van der Waals surface area contributed by atoms with Gasteiger partial charge in [-0.25, -0.2) is 18.4 Å². The van der Waals surface area contributed by atoms with Gasteiger partial charge in [-0.05, 0) is 45.2 Å². The Bertz CT molecular complexity index is 835. The number of aromatic nitrogens is 2. The summed E-state index contributed by atoms with van der Waals surface area (Å²) >= 11 is 3.47. The predicted octanol–water partition coefficient (Wildman–Crippen LogP) is 3.50. The number of halogens is 1. The van der Waals surface area contributed by atoms with E-state index in [1.54, 1.807) is 0 Å². The van der Waals surface area contributed by atoms with E-state index in [0.29, 0.717) is 12.2 Å². The molecule has 1 N–H and O–H groups in total. The van der Waals surface area contributed by atoms with Crippen molar-refractivity contribution in [3.8, 4) is 0 Å². The van der Waals surface area contributed by atoms with Gasteiger partial charge in [0.05, 0.1) is 22.5 Å². The number of nitrogens with one attached hydrogen (secondary N) is 1. The summed E-state index contributed by atoms with van der Waals surface area (Å²) in [5, 5.41) is 4.24. The number of aryl methyl sites for hydroxylation is 2. The van der Waals surface area contributed by atoms with Gasteiger partial charge in [0.1, 0.15) is 15.7 Å². The van der Waals surface area contributed by atoms with E-state index in [1.807, 2.05) is 32.9 Å². The Kier molecular flexibility index (Phi) is 5.86. The minimum atomic E-state index is -2.99. The fourth-order valence-electron chi connectivity index (χ4n) is 2.47. The molecule has 1 aromatic carbocycles. The first kappa shape index (κ1) is 19.1. The van der Waals surface area contributed by atoms with Crippen LogP contribution in [0.3, 0.4) is 0 Å². The summed E-state index contributed by atoms with van der Waals surface area (Å²) < 4.78 is 22.9. The lowest BCUT2D eigenvalue weighted by atomic mass is 10.0. The molecular formula is C17H24BrN3O2S. The van der Waals surface area contributed by atoms with Crippen LogP contribution in [0.5, 0.6) is 0 Å². The van der Waals surface area contributed by atoms with Crippen LogP contribution in [0.1, 0.15) is 31.5 Å². The molecule has 0 spiro atoms. The second-order valence-corrected chi connectivity index (χ2v) is 9.82. The lowest BCUT2D eigenvalue weighted by Crippen LogP contribution is -2.34. The molecule has 2 aromatic rings. The smallest absolute Gasteiger partial charge is 0.148 e. The number of hydrogen-bond acceptors (Lipinski definition) is 5. The quantitative estimate of drug-likeness (QED) is 0.703. The van der Waals surface area contributed by atoms with Crippen molar-refractivity contribution >= 4 is 42.6 Å². The van der Waals surface area contributed by atoms with Gasteiger partial charge in [-0.3, -0.25) is 0 Å². The van der Waals surface area contributed by atoms with Crippen LogP contribution < -0.4 is 5.32 Å². The Morgan fingerprint density at radius 1 is 1.25 bits per heavy atom. The van der Waals surface area contributed by atoms with E-state index in [0.717, 1.165) is 34.0 Å². The molecule has 0 amide bonds. The molecule has 0 atom stereocenters. The monoisotopic (exact) mass is 413 g/mol. The third-order valence-electron chi connectivity index (χ3n) is 3.87. The lowest BCUT2D eigenvalue weighted by molar-refractivity contribution is 0.533. The Labute approximate surface area is 152 Å². The highest BCUT2D eigenvalue weighted by molar-refractivity contribution is 9.09. The summed E-state index contributed by atoms with van der Waals surface area (Å²) in [6, 6.07) is 6.02. The number of sulfone groups is 1. The van der Waals surface area contributed by atoms with Gasteiger partial charge < -0.3 is 5.32 Å². The van der Waals surface area contributed by atoms with Crippen LogP contribution in [-0.4, -0.2) is 41.3 Å². The van der Waals surface area contributed by atoms with E-state index < -0.39 is 9.84 Å². The SMILES string of the molecule is Cc1nc2cccc(CCBr)c2nc1NC(C)(C)CCS(C)(=O)=O. The molecule has 0 aliphatic heterocycles. The van der Waals surface area contributed by atoms with Crippen molar-refractivity contribution in [1.82, 2.24) is 9.97 Å². The van der Waals surface area contributed by atoms with Crippen molar-refractivity contribution < 1.29 is 8.42 Å². The average Bonchev–Trinajstić information content (AvgIpc) is 2.46. The van der Waals surface area contributed by atoms with E-state index in [4.69, 9.17) is 4.98 Å². The van der Waals surface area contributed by atoms with Crippen LogP contribution in [0.15, 0.2) is 18.2 Å². The van der Waals surface area contributed by atoms with Gasteiger partial charge in [-0.1, -0.05) is 28.1 Å². The van der Waals surface area contributed by atoms with E-state index in [-0.39, 0.29) is 11.3 Å². The third kappa shape index (κ3) is 5.14. The van der Waals surface area contributed by atoms with E-state index in [9.17, 15) is 8.42 Å². The summed E-state index contributed by atoms with van der Waals surface area (Å²) in [7, 11) is -2.99. The number of benzene rings is 1. The Hall–Kier alpha value is -1.21. The first-order valence-electron chi connectivity index (χ1n) is 7.89. The highest BCUT2D eigenvalue weighted by atomic mass is 79.9. The van der Waals surface area contributed by atoms with Crippen molar-refractivity contribution in [1.29, 1.82) is 0 Å². The van der Waals surface area contributed by atoms with E-state index >= 15 is 0 Å². The minimum Gasteiger partial charge on any atom is -0.364 e. The summed E-state index contributed by atoms with van der Waals surface area (Å²) in [6.07, 6.45) is 2.65. The summed E-state index contributed by atoms with van der Waals surface area (Å²) in [4.78, 5) is 9.43. The molecule has 132 valence electrons. The van der Waals surface area contributed by atoms with Crippen molar-refractivity contribution in [3.63, 3.8) is 0 Å². The first-order valence-corrected chi connectivity index (χ1v) is 11.1. The van der Waals surface area contributed by atoms with E-state index in [2.05, 4.69) is 32.3 Å². The lowest BCUT2D eigenvalue weighted by Gasteiger charge is -2.27. The zero-order valence-electron chi connectivity index (χ0n) is 14.6. The Morgan fingerprint density at radius 2 is 1.96 bits per heavy atom. The van der Waals surface area contributed by atoms with Gasteiger partial charge in [0.15, 0.2) is 0 Å². The number of para-hydroxylation sites is 1. The number of alkyl halides is 1. The fraction of sp³-hybridized carbons (Fsp3) is 0.529. The average molecular weight is 414 g/mol. The summed E-state index contributed by atoms with van der Waals surface area (Å²) in [6.45, 7) is 5.88. The van der Waals surface area contributed by atoms with Crippen LogP contribution in [0.4, 0.5) is 5.82 Å². The highest BCUT2D eigenvalue weighted by Gasteiger charge is 2.22. The molecule has 0 unspecified atom stereocenters. The predicted molar refractivity (Wildman–Crippen MR) is 104 cm³/mol. The van der Waals surface area contributed by atoms with Gasteiger partial charge >= 0.3 is 0 Å². The van der Waals surface area contributed by atoms with Crippen molar-refractivity contribution in [2.75, 3.05) is 22.7 Å². The maximum absolute atomic E-state index is 11.4. The molecule has 0 aliphatic carbocycles. The van der Waals surface area contributed by atoms with Gasteiger partial charge in [-0.2, -0.15) is 0 Å². The largest absolute Gasteiger partial charge is 0.364 e. The number of fused-ring (bicyclic) bond motifs is 1. The van der Waals surface area contributed by atoms with Crippen LogP contribution in [-0.2, 0) is 16.3 Å². The number of anilines is 1. The maximum Gasteiger partial charge on any atom is 0.148 e. The molecule has 2 rings (SSSR count). The molecule has 24 heavy (non-hydrogen) atoms. The third-order valence-corrected chi connectivity index (χ3v) is 5.21. The molecule has 0 saturated heterocycles. The molecule has 0 radical (unpaired) electrons. The second kappa shape index (κ2) is 7.35. The number of nitrogens with zero attached hydrogens (tertiary/aromatic N) is 2. The van der Waals surface area contributed by atoms with Crippen LogP contribution in [0, 0.1) is 6.92 Å². The summed E-state index contributed by atoms with van der Waals surface area (Å²) in [5.74, 6) is 0.852. The fourth-order valence-corrected chi connectivity index (χ4v) is 3.78. The molecule has 7 heteroatoms.